The topological polar surface area (TPSA) is 49.3 Å². The molecule has 1 aliphatic rings. The predicted molar refractivity (Wildman–Crippen MR) is 106 cm³/mol. The van der Waals surface area contributed by atoms with Crippen LogP contribution in [0, 0.1) is 0 Å². The Morgan fingerprint density at radius 3 is 2.60 bits per heavy atom. The van der Waals surface area contributed by atoms with E-state index in [2.05, 4.69) is 65.2 Å². The van der Waals surface area contributed by atoms with E-state index in [0.717, 1.165) is 31.2 Å². The maximum absolute atomic E-state index is 4.73. The molecule has 2 N–H and O–H groups in total. The number of benzene rings is 1. The molecule has 25 heavy (non-hydrogen) atoms. The highest BCUT2D eigenvalue weighted by molar-refractivity contribution is 7.09. The Hall–Kier alpha value is -1.88. The van der Waals surface area contributed by atoms with Gasteiger partial charge in [0.25, 0.3) is 0 Å². The Bertz CT molecular complexity index is 689. The van der Waals surface area contributed by atoms with E-state index in [0.29, 0.717) is 6.54 Å². The number of nitrogens with zero attached hydrogens (tertiary/aromatic N) is 2. The lowest BCUT2D eigenvalue weighted by Gasteiger charge is -2.43. The number of aliphatic imine (C=N–C) groups is 1. The van der Waals surface area contributed by atoms with Gasteiger partial charge in [0.1, 0.15) is 0 Å². The summed E-state index contributed by atoms with van der Waals surface area (Å²) in [5.74, 6) is 0.885. The number of nitrogens with one attached hydrogen (secondary N) is 2. The van der Waals surface area contributed by atoms with Crippen LogP contribution in [0.2, 0.25) is 0 Å². The van der Waals surface area contributed by atoms with Crippen LogP contribution in [0.15, 0.2) is 40.7 Å². The average Bonchev–Trinajstić information content (AvgIpc) is 3.07. The number of hydrogen-bond acceptors (Lipinski definition) is 3. The van der Waals surface area contributed by atoms with Crippen LogP contribution >= 0.6 is 11.3 Å². The van der Waals surface area contributed by atoms with Crippen molar-refractivity contribution in [1.29, 1.82) is 0 Å². The first-order valence-corrected chi connectivity index (χ1v) is 10.1. The van der Waals surface area contributed by atoms with Crippen LogP contribution in [0.1, 0.15) is 49.4 Å². The van der Waals surface area contributed by atoms with E-state index in [1.54, 1.807) is 11.3 Å². The monoisotopic (exact) mass is 356 g/mol. The van der Waals surface area contributed by atoms with E-state index in [1.807, 2.05) is 0 Å². The van der Waals surface area contributed by atoms with Gasteiger partial charge < -0.3 is 10.6 Å². The second kappa shape index (κ2) is 8.48. The first kappa shape index (κ1) is 17.9. The standard InChI is InChI=1S/C20H28N4S/c1-3-18-24-17(14-25-18)13-22-19(21-4-2)23-15-20(11-8-12-20)16-9-6-5-7-10-16/h5-7,9-10,14H,3-4,8,11-13,15H2,1-2H3,(H2,21,22,23). The molecule has 0 amide bonds. The fourth-order valence-corrected chi connectivity index (χ4v) is 4.04. The third kappa shape index (κ3) is 4.40. The molecule has 2 aromatic rings. The number of aryl methyl sites for hydroxylation is 1. The third-order valence-corrected chi connectivity index (χ3v) is 5.98. The van der Waals surface area contributed by atoms with Gasteiger partial charge in [-0.2, -0.15) is 0 Å². The van der Waals surface area contributed by atoms with Gasteiger partial charge in [-0.1, -0.05) is 43.7 Å². The van der Waals surface area contributed by atoms with Gasteiger partial charge >= 0.3 is 0 Å². The second-order valence-electron chi connectivity index (χ2n) is 6.63. The van der Waals surface area contributed by atoms with E-state index in [-0.39, 0.29) is 5.41 Å². The number of guanidine groups is 1. The Morgan fingerprint density at radius 2 is 2.00 bits per heavy atom. The Balaban J connectivity index is 1.64. The molecule has 134 valence electrons. The van der Waals surface area contributed by atoms with E-state index in [4.69, 9.17) is 4.99 Å². The fourth-order valence-electron chi connectivity index (χ4n) is 3.30. The van der Waals surface area contributed by atoms with Gasteiger partial charge in [0, 0.05) is 23.9 Å². The zero-order chi connectivity index (χ0) is 17.5. The molecule has 0 spiro atoms. The van der Waals surface area contributed by atoms with Crippen LogP contribution in [-0.4, -0.2) is 24.0 Å². The molecule has 0 saturated heterocycles. The lowest BCUT2D eigenvalue weighted by atomic mass is 9.64. The molecule has 3 rings (SSSR count). The van der Waals surface area contributed by atoms with Gasteiger partial charge in [0.15, 0.2) is 5.96 Å². The number of rotatable bonds is 7. The molecular formula is C20H28N4S. The molecule has 5 heteroatoms. The summed E-state index contributed by atoms with van der Waals surface area (Å²) in [6, 6.07) is 10.9. The molecule has 1 aliphatic carbocycles. The van der Waals surface area contributed by atoms with Crippen molar-refractivity contribution in [3.63, 3.8) is 0 Å². The minimum absolute atomic E-state index is 0.257. The van der Waals surface area contributed by atoms with Gasteiger partial charge in [-0.05, 0) is 31.7 Å². The van der Waals surface area contributed by atoms with Crippen molar-refractivity contribution >= 4 is 17.3 Å². The molecule has 4 nitrogen and oxygen atoms in total. The average molecular weight is 357 g/mol. The van der Waals surface area contributed by atoms with Gasteiger partial charge in [-0.3, -0.25) is 0 Å². The highest BCUT2D eigenvalue weighted by Crippen LogP contribution is 2.43. The minimum Gasteiger partial charge on any atom is -0.357 e. The number of thiazole rings is 1. The molecule has 0 atom stereocenters. The van der Waals surface area contributed by atoms with Crippen molar-refractivity contribution in [1.82, 2.24) is 15.6 Å². The molecule has 1 fully saturated rings. The Kier molecular flexibility index (Phi) is 6.08. The lowest BCUT2D eigenvalue weighted by molar-refractivity contribution is 0.244. The van der Waals surface area contributed by atoms with Crippen LogP contribution in [-0.2, 0) is 18.4 Å². The summed E-state index contributed by atoms with van der Waals surface area (Å²) < 4.78 is 0. The van der Waals surface area contributed by atoms with Gasteiger partial charge in [0.2, 0.25) is 0 Å². The van der Waals surface area contributed by atoms with Gasteiger partial charge in [-0.15, -0.1) is 11.3 Å². The first-order valence-electron chi connectivity index (χ1n) is 9.27. The maximum atomic E-state index is 4.73. The van der Waals surface area contributed by atoms with Crippen molar-refractivity contribution in [2.24, 2.45) is 4.99 Å². The second-order valence-corrected chi connectivity index (χ2v) is 7.58. The van der Waals surface area contributed by atoms with Crippen LogP contribution in [0.4, 0.5) is 0 Å². The van der Waals surface area contributed by atoms with Crippen LogP contribution in [0.3, 0.4) is 0 Å². The molecule has 0 bridgehead atoms. The van der Waals surface area contributed by atoms with E-state index >= 15 is 0 Å². The molecule has 1 aromatic heterocycles. The molecule has 1 saturated carbocycles. The van der Waals surface area contributed by atoms with Gasteiger partial charge in [0.05, 0.1) is 17.2 Å². The summed E-state index contributed by atoms with van der Waals surface area (Å²) in [6.45, 7) is 6.66. The number of aromatic nitrogens is 1. The minimum atomic E-state index is 0.257. The quantitative estimate of drug-likeness (QED) is 0.585. The predicted octanol–water partition coefficient (Wildman–Crippen LogP) is 3.88. The van der Waals surface area contributed by atoms with Crippen molar-refractivity contribution in [3.8, 4) is 0 Å². The van der Waals surface area contributed by atoms with Gasteiger partial charge in [-0.25, -0.2) is 9.98 Å². The van der Waals surface area contributed by atoms with Crippen LogP contribution in [0.5, 0.6) is 0 Å². The van der Waals surface area contributed by atoms with Crippen molar-refractivity contribution in [2.75, 3.05) is 13.1 Å². The zero-order valence-electron chi connectivity index (χ0n) is 15.2. The summed E-state index contributed by atoms with van der Waals surface area (Å²) in [5, 5.41) is 10.2. The highest BCUT2D eigenvalue weighted by atomic mass is 32.1. The van der Waals surface area contributed by atoms with Crippen LogP contribution in [0.25, 0.3) is 0 Å². The highest BCUT2D eigenvalue weighted by Gasteiger charge is 2.38. The molecule has 0 aliphatic heterocycles. The number of hydrogen-bond donors (Lipinski definition) is 2. The zero-order valence-corrected chi connectivity index (χ0v) is 16.0. The summed E-state index contributed by atoms with van der Waals surface area (Å²) in [5.41, 5.74) is 2.75. The van der Waals surface area contributed by atoms with Crippen LogP contribution < -0.4 is 10.6 Å². The third-order valence-electron chi connectivity index (χ3n) is 4.94. The van der Waals surface area contributed by atoms with Crippen molar-refractivity contribution in [2.45, 2.75) is 51.5 Å². The van der Waals surface area contributed by atoms with E-state index < -0.39 is 0 Å². The maximum Gasteiger partial charge on any atom is 0.191 e. The summed E-state index contributed by atoms with van der Waals surface area (Å²) in [4.78, 5) is 9.33. The SMILES string of the molecule is CCNC(=NCc1csc(CC)n1)NCC1(c2ccccc2)CCC1. The first-order chi connectivity index (χ1) is 12.3. The van der Waals surface area contributed by atoms with E-state index in [9.17, 15) is 0 Å². The van der Waals surface area contributed by atoms with Crippen molar-refractivity contribution in [3.05, 3.63) is 52.0 Å². The molecule has 1 heterocycles. The fraction of sp³-hybridized carbons (Fsp3) is 0.500. The largest absolute Gasteiger partial charge is 0.357 e. The summed E-state index contributed by atoms with van der Waals surface area (Å²) in [6.07, 6.45) is 4.79. The molecular weight excluding hydrogens is 328 g/mol. The smallest absolute Gasteiger partial charge is 0.191 e. The van der Waals surface area contributed by atoms with E-state index in [1.165, 1.54) is 29.8 Å². The normalized spacial score (nSPS) is 16.3. The summed E-state index contributed by atoms with van der Waals surface area (Å²) in [7, 11) is 0. The summed E-state index contributed by atoms with van der Waals surface area (Å²) >= 11 is 1.72. The molecule has 0 radical (unpaired) electrons. The lowest BCUT2D eigenvalue weighted by Crippen LogP contribution is -2.48. The molecule has 1 aromatic carbocycles. The molecule has 0 unspecified atom stereocenters. The Labute approximate surface area is 154 Å². The van der Waals surface area contributed by atoms with Crippen molar-refractivity contribution < 1.29 is 0 Å². The Morgan fingerprint density at radius 1 is 1.20 bits per heavy atom.